The number of hydrogen-bond donors (Lipinski definition) is 1. The summed E-state index contributed by atoms with van der Waals surface area (Å²) in [6, 6.07) is 9.18. The summed E-state index contributed by atoms with van der Waals surface area (Å²) in [5.41, 5.74) is 2.91. The van der Waals surface area contributed by atoms with Crippen molar-refractivity contribution in [3.63, 3.8) is 0 Å². The summed E-state index contributed by atoms with van der Waals surface area (Å²) < 4.78 is 0. The third-order valence-electron chi connectivity index (χ3n) is 4.19. The van der Waals surface area contributed by atoms with E-state index >= 15 is 0 Å². The first-order valence-corrected chi connectivity index (χ1v) is 8.43. The van der Waals surface area contributed by atoms with Crippen LogP contribution in [-0.2, 0) is 13.0 Å². The van der Waals surface area contributed by atoms with E-state index in [0.717, 1.165) is 18.1 Å². The molecule has 0 amide bonds. The van der Waals surface area contributed by atoms with E-state index in [1.54, 1.807) is 11.3 Å². The van der Waals surface area contributed by atoms with E-state index < -0.39 is 0 Å². The lowest BCUT2D eigenvalue weighted by Crippen LogP contribution is -2.33. The molecule has 1 atom stereocenters. The van der Waals surface area contributed by atoms with Crippen LogP contribution in [0.4, 0.5) is 0 Å². The van der Waals surface area contributed by atoms with Crippen molar-refractivity contribution >= 4 is 11.3 Å². The van der Waals surface area contributed by atoms with Gasteiger partial charge in [-0.15, -0.1) is 11.3 Å². The Morgan fingerprint density at radius 1 is 1.38 bits per heavy atom. The third kappa shape index (κ3) is 3.34. The van der Waals surface area contributed by atoms with Gasteiger partial charge >= 0.3 is 0 Å². The van der Waals surface area contributed by atoms with Crippen molar-refractivity contribution in [2.75, 3.05) is 13.2 Å². The minimum Gasteiger partial charge on any atom is -0.395 e. The SMILES string of the molecule is Cc1ncc(CN(CCO)C2CCCc3ccccc32)s1. The first kappa shape index (κ1) is 14.7. The van der Waals surface area contributed by atoms with Crippen LogP contribution in [0.2, 0.25) is 0 Å². The highest BCUT2D eigenvalue weighted by molar-refractivity contribution is 7.11. The minimum atomic E-state index is 0.205. The number of aromatic nitrogens is 1. The lowest BCUT2D eigenvalue weighted by molar-refractivity contribution is 0.132. The molecule has 112 valence electrons. The maximum Gasteiger partial charge on any atom is 0.0897 e. The van der Waals surface area contributed by atoms with Gasteiger partial charge in [0.05, 0.1) is 11.6 Å². The Morgan fingerprint density at radius 2 is 2.24 bits per heavy atom. The summed E-state index contributed by atoms with van der Waals surface area (Å²) in [7, 11) is 0. The molecule has 0 saturated carbocycles. The molecule has 0 bridgehead atoms. The molecule has 2 aromatic rings. The number of rotatable bonds is 5. The smallest absolute Gasteiger partial charge is 0.0897 e. The summed E-state index contributed by atoms with van der Waals surface area (Å²) in [4.78, 5) is 8.04. The number of thiazole rings is 1. The first-order chi connectivity index (χ1) is 10.3. The van der Waals surface area contributed by atoms with Crippen LogP contribution in [0.15, 0.2) is 30.5 Å². The van der Waals surface area contributed by atoms with Gasteiger partial charge < -0.3 is 5.11 Å². The Bertz CT molecular complexity index is 596. The molecule has 1 heterocycles. The Kier molecular flexibility index (Phi) is 4.68. The highest BCUT2D eigenvalue weighted by atomic mass is 32.1. The minimum absolute atomic E-state index is 0.205. The molecule has 21 heavy (non-hydrogen) atoms. The summed E-state index contributed by atoms with van der Waals surface area (Å²) in [5.74, 6) is 0. The summed E-state index contributed by atoms with van der Waals surface area (Å²) in [5, 5.41) is 10.6. The molecule has 1 N–H and O–H groups in total. The highest BCUT2D eigenvalue weighted by Crippen LogP contribution is 2.35. The van der Waals surface area contributed by atoms with Gasteiger partial charge in [0.15, 0.2) is 0 Å². The molecule has 0 spiro atoms. The highest BCUT2D eigenvalue weighted by Gasteiger charge is 2.25. The average molecular weight is 302 g/mol. The monoisotopic (exact) mass is 302 g/mol. The van der Waals surface area contributed by atoms with Crippen LogP contribution in [0.25, 0.3) is 0 Å². The Balaban J connectivity index is 1.84. The van der Waals surface area contributed by atoms with Crippen LogP contribution in [0.1, 0.15) is 39.9 Å². The Labute approximate surface area is 130 Å². The van der Waals surface area contributed by atoms with E-state index in [1.807, 2.05) is 13.1 Å². The van der Waals surface area contributed by atoms with E-state index in [-0.39, 0.29) is 6.61 Å². The molecule has 1 unspecified atom stereocenters. The maximum absolute atomic E-state index is 9.44. The van der Waals surface area contributed by atoms with Crippen LogP contribution in [-0.4, -0.2) is 28.1 Å². The summed E-state index contributed by atoms with van der Waals surface area (Å²) in [6.45, 7) is 3.85. The van der Waals surface area contributed by atoms with Crippen molar-refractivity contribution in [1.82, 2.24) is 9.88 Å². The molecular formula is C17H22N2OS. The van der Waals surface area contributed by atoms with Gasteiger partial charge in [0.25, 0.3) is 0 Å². The van der Waals surface area contributed by atoms with Gasteiger partial charge in [-0.2, -0.15) is 0 Å². The summed E-state index contributed by atoms with van der Waals surface area (Å²) in [6.07, 6.45) is 5.55. The fourth-order valence-corrected chi connectivity index (χ4v) is 4.08. The predicted molar refractivity (Wildman–Crippen MR) is 86.5 cm³/mol. The normalized spacial score (nSPS) is 18.0. The van der Waals surface area contributed by atoms with Gasteiger partial charge in [-0.25, -0.2) is 4.98 Å². The molecule has 0 aliphatic heterocycles. The van der Waals surface area contributed by atoms with Gasteiger partial charge in [0.2, 0.25) is 0 Å². The topological polar surface area (TPSA) is 36.4 Å². The number of aliphatic hydroxyl groups is 1. The zero-order valence-electron chi connectivity index (χ0n) is 12.5. The van der Waals surface area contributed by atoms with Crippen LogP contribution >= 0.6 is 11.3 Å². The molecule has 4 heteroatoms. The van der Waals surface area contributed by atoms with Gasteiger partial charge in [-0.1, -0.05) is 24.3 Å². The van der Waals surface area contributed by atoms with Crippen molar-refractivity contribution in [3.8, 4) is 0 Å². The van der Waals surface area contributed by atoms with E-state index in [4.69, 9.17) is 0 Å². The molecule has 0 radical (unpaired) electrons. The van der Waals surface area contributed by atoms with Gasteiger partial charge in [0, 0.05) is 30.2 Å². The molecule has 0 fully saturated rings. The zero-order valence-corrected chi connectivity index (χ0v) is 13.3. The molecule has 1 aliphatic carbocycles. The molecular weight excluding hydrogens is 280 g/mol. The lowest BCUT2D eigenvalue weighted by atomic mass is 9.87. The van der Waals surface area contributed by atoms with Gasteiger partial charge in [-0.3, -0.25) is 4.90 Å². The number of fused-ring (bicyclic) bond motifs is 1. The van der Waals surface area contributed by atoms with Crippen molar-refractivity contribution < 1.29 is 5.11 Å². The van der Waals surface area contributed by atoms with E-state index in [1.165, 1.54) is 35.3 Å². The molecule has 0 saturated heterocycles. The van der Waals surface area contributed by atoms with Crippen LogP contribution in [0, 0.1) is 6.92 Å². The van der Waals surface area contributed by atoms with E-state index in [2.05, 4.69) is 34.1 Å². The zero-order chi connectivity index (χ0) is 14.7. The Morgan fingerprint density at radius 3 is 3.00 bits per heavy atom. The number of aryl methyl sites for hydroxylation is 2. The quantitative estimate of drug-likeness (QED) is 0.920. The number of benzene rings is 1. The predicted octanol–water partition coefficient (Wildman–Crippen LogP) is 3.32. The second-order valence-corrected chi connectivity index (χ2v) is 6.97. The van der Waals surface area contributed by atoms with Crippen LogP contribution in [0.5, 0.6) is 0 Å². The molecule has 3 rings (SSSR count). The maximum atomic E-state index is 9.44. The first-order valence-electron chi connectivity index (χ1n) is 7.62. The Hall–Kier alpha value is -1.23. The van der Waals surface area contributed by atoms with E-state index in [0.29, 0.717) is 6.04 Å². The van der Waals surface area contributed by atoms with Crippen LogP contribution in [0.3, 0.4) is 0 Å². The number of aliphatic hydroxyl groups excluding tert-OH is 1. The van der Waals surface area contributed by atoms with Gasteiger partial charge in [-0.05, 0) is 37.3 Å². The fraction of sp³-hybridized carbons (Fsp3) is 0.471. The van der Waals surface area contributed by atoms with Crippen molar-refractivity contribution in [2.24, 2.45) is 0 Å². The van der Waals surface area contributed by atoms with Crippen molar-refractivity contribution in [2.45, 2.75) is 38.8 Å². The van der Waals surface area contributed by atoms with Crippen molar-refractivity contribution in [3.05, 3.63) is 51.5 Å². The van der Waals surface area contributed by atoms with Crippen LogP contribution < -0.4 is 0 Å². The second-order valence-electron chi connectivity index (χ2n) is 5.65. The average Bonchev–Trinajstić information content (AvgIpc) is 2.91. The third-order valence-corrected chi connectivity index (χ3v) is 5.09. The molecule has 1 aromatic carbocycles. The number of hydrogen-bond acceptors (Lipinski definition) is 4. The fourth-order valence-electron chi connectivity index (χ4n) is 3.26. The lowest BCUT2D eigenvalue weighted by Gasteiger charge is -2.35. The number of nitrogens with zero attached hydrogens (tertiary/aromatic N) is 2. The second kappa shape index (κ2) is 6.69. The van der Waals surface area contributed by atoms with E-state index in [9.17, 15) is 5.11 Å². The molecule has 1 aliphatic rings. The van der Waals surface area contributed by atoms with Crippen molar-refractivity contribution in [1.29, 1.82) is 0 Å². The largest absolute Gasteiger partial charge is 0.395 e. The molecule has 3 nitrogen and oxygen atoms in total. The molecule has 1 aromatic heterocycles. The summed E-state index contributed by atoms with van der Waals surface area (Å²) >= 11 is 1.75. The standard InChI is InChI=1S/C17H22N2OS/c1-13-18-11-15(21-13)12-19(9-10-20)17-8-4-6-14-5-2-3-7-16(14)17/h2-3,5,7,11,17,20H,4,6,8-10,12H2,1H3. The van der Waals surface area contributed by atoms with Gasteiger partial charge in [0.1, 0.15) is 0 Å².